The van der Waals surface area contributed by atoms with Crippen LogP contribution < -0.4 is 5.32 Å². The van der Waals surface area contributed by atoms with Crippen molar-refractivity contribution in [3.8, 4) is 0 Å². The van der Waals surface area contributed by atoms with E-state index in [1.807, 2.05) is 10.3 Å². The molecule has 0 aliphatic carbocycles. The Hall–Kier alpha value is -0.310. The SMILES string of the molecule is CN1CCC(N2CCN(C(=O)CNc3nccs3)CC2)CC1.Cl.Cl.Cl. The van der Waals surface area contributed by atoms with E-state index < -0.39 is 0 Å². The maximum Gasteiger partial charge on any atom is 0.242 e. The number of thiazole rings is 1. The third-order valence-electron chi connectivity index (χ3n) is 4.69. The van der Waals surface area contributed by atoms with E-state index in [4.69, 9.17) is 0 Å². The number of likely N-dealkylation sites (tertiary alicyclic amines) is 1. The predicted molar refractivity (Wildman–Crippen MR) is 111 cm³/mol. The number of anilines is 1. The van der Waals surface area contributed by atoms with Crippen LogP contribution in [0.5, 0.6) is 0 Å². The molecule has 0 saturated carbocycles. The molecule has 6 nitrogen and oxygen atoms in total. The largest absolute Gasteiger partial charge is 0.352 e. The molecule has 3 rings (SSSR count). The minimum Gasteiger partial charge on any atom is -0.352 e. The number of halogens is 3. The number of hydrogen-bond donors (Lipinski definition) is 1. The van der Waals surface area contributed by atoms with Crippen LogP contribution in [0.2, 0.25) is 0 Å². The number of amides is 1. The molecule has 1 amide bonds. The van der Waals surface area contributed by atoms with Gasteiger partial charge in [-0.1, -0.05) is 0 Å². The smallest absolute Gasteiger partial charge is 0.242 e. The molecule has 0 spiro atoms. The second kappa shape index (κ2) is 12.1. The van der Waals surface area contributed by atoms with Crippen LogP contribution in [0.4, 0.5) is 5.13 Å². The van der Waals surface area contributed by atoms with E-state index in [9.17, 15) is 4.79 Å². The number of piperidine rings is 1. The van der Waals surface area contributed by atoms with Crippen LogP contribution in [0.3, 0.4) is 0 Å². The molecule has 1 N–H and O–H groups in total. The Bertz CT molecular complexity index is 478. The summed E-state index contributed by atoms with van der Waals surface area (Å²) >= 11 is 1.53. The van der Waals surface area contributed by atoms with Gasteiger partial charge in [-0.15, -0.1) is 48.6 Å². The van der Waals surface area contributed by atoms with E-state index in [1.165, 1.54) is 37.3 Å². The molecule has 1 aromatic rings. The van der Waals surface area contributed by atoms with Crippen molar-refractivity contribution in [3.63, 3.8) is 0 Å². The van der Waals surface area contributed by atoms with Gasteiger partial charge < -0.3 is 15.1 Å². The number of rotatable bonds is 4. The van der Waals surface area contributed by atoms with Gasteiger partial charge in [0.1, 0.15) is 0 Å². The van der Waals surface area contributed by atoms with Gasteiger partial charge in [0.25, 0.3) is 0 Å². The van der Waals surface area contributed by atoms with Gasteiger partial charge in [-0.3, -0.25) is 9.69 Å². The lowest BCUT2D eigenvalue weighted by atomic mass is 10.0. The van der Waals surface area contributed by atoms with E-state index in [0.717, 1.165) is 31.3 Å². The summed E-state index contributed by atoms with van der Waals surface area (Å²) in [6.45, 7) is 6.47. The van der Waals surface area contributed by atoms with Crippen molar-refractivity contribution in [2.24, 2.45) is 0 Å². The van der Waals surface area contributed by atoms with Crippen molar-refractivity contribution in [2.45, 2.75) is 18.9 Å². The van der Waals surface area contributed by atoms with Crippen LogP contribution in [-0.2, 0) is 4.79 Å². The van der Waals surface area contributed by atoms with Crippen LogP contribution in [0.1, 0.15) is 12.8 Å². The average molecular weight is 433 g/mol. The third kappa shape index (κ3) is 7.07. The fourth-order valence-electron chi connectivity index (χ4n) is 3.27. The Labute approximate surface area is 172 Å². The Morgan fingerprint density at radius 3 is 2.36 bits per heavy atom. The number of carbonyl (C=O) groups excluding carboxylic acids is 1. The second-order valence-electron chi connectivity index (χ2n) is 6.14. The molecule has 0 bridgehead atoms. The lowest BCUT2D eigenvalue weighted by Gasteiger charge is -2.42. The molecule has 3 heterocycles. The molecule has 2 saturated heterocycles. The van der Waals surface area contributed by atoms with Crippen LogP contribution in [-0.4, -0.2) is 84.5 Å². The molecule has 0 atom stereocenters. The maximum atomic E-state index is 12.2. The van der Waals surface area contributed by atoms with Gasteiger partial charge in [-0.05, 0) is 33.0 Å². The van der Waals surface area contributed by atoms with Gasteiger partial charge in [-0.2, -0.15) is 0 Å². The Balaban J connectivity index is 0.00000192. The number of carbonyl (C=O) groups is 1. The van der Waals surface area contributed by atoms with Crippen LogP contribution >= 0.6 is 48.6 Å². The summed E-state index contributed by atoms with van der Waals surface area (Å²) in [4.78, 5) is 23.3. The fourth-order valence-corrected chi connectivity index (χ4v) is 3.80. The third-order valence-corrected chi connectivity index (χ3v) is 5.43. The minimum atomic E-state index is 0. The first-order chi connectivity index (χ1) is 10.7. The zero-order chi connectivity index (χ0) is 15.4. The van der Waals surface area contributed by atoms with Crippen LogP contribution in [0, 0.1) is 0 Å². The molecule has 0 radical (unpaired) electrons. The number of aromatic nitrogens is 1. The van der Waals surface area contributed by atoms with Crippen molar-refractivity contribution in [1.82, 2.24) is 19.7 Å². The first-order valence-electron chi connectivity index (χ1n) is 8.06. The van der Waals surface area contributed by atoms with Gasteiger partial charge in [0, 0.05) is 43.8 Å². The summed E-state index contributed by atoms with van der Waals surface area (Å²) in [5.74, 6) is 0.179. The van der Waals surface area contributed by atoms with Crippen LogP contribution in [0.25, 0.3) is 0 Å². The van der Waals surface area contributed by atoms with E-state index in [-0.39, 0.29) is 43.1 Å². The Kier molecular flexibility index (Phi) is 12.0. The highest BCUT2D eigenvalue weighted by Crippen LogP contribution is 2.17. The first kappa shape index (κ1) is 24.7. The molecule has 0 aromatic carbocycles. The molecule has 25 heavy (non-hydrogen) atoms. The van der Waals surface area contributed by atoms with Gasteiger partial charge in [0.15, 0.2) is 5.13 Å². The van der Waals surface area contributed by atoms with E-state index in [2.05, 4.69) is 27.1 Å². The average Bonchev–Trinajstić information content (AvgIpc) is 3.07. The zero-order valence-electron chi connectivity index (χ0n) is 14.4. The first-order valence-corrected chi connectivity index (χ1v) is 8.94. The number of hydrogen-bond acceptors (Lipinski definition) is 6. The molecular formula is C15H28Cl3N5OS. The summed E-state index contributed by atoms with van der Waals surface area (Å²) in [6.07, 6.45) is 4.27. The van der Waals surface area contributed by atoms with Gasteiger partial charge in [-0.25, -0.2) is 4.98 Å². The highest BCUT2D eigenvalue weighted by Gasteiger charge is 2.27. The van der Waals surface area contributed by atoms with E-state index >= 15 is 0 Å². The predicted octanol–water partition coefficient (Wildman–Crippen LogP) is 2.06. The molecule has 2 aliphatic heterocycles. The molecule has 2 fully saturated rings. The maximum absolute atomic E-state index is 12.2. The summed E-state index contributed by atoms with van der Waals surface area (Å²) in [7, 11) is 2.20. The molecule has 0 unspecified atom stereocenters. The topological polar surface area (TPSA) is 51.7 Å². The van der Waals surface area contributed by atoms with Crippen LogP contribution in [0.15, 0.2) is 11.6 Å². The summed E-state index contributed by atoms with van der Waals surface area (Å²) in [6, 6.07) is 0.710. The normalized spacial score (nSPS) is 19.3. The van der Waals surface area contributed by atoms with Gasteiger partial charge in [0.05, 0.1) is 6.54 Å². The summed E-state index contributed by atoms with van der Waals surface area (Å²) in [5.41, 5.74) is 0. The zero-order valence-corrected chi connectivity index (χ0v) is 17.7. The molecule has 2 aliphatic rings. The molecule has 146 valence electrons. The van der Waals surface area contributed by atoms with E-state index in [1.54, 1.807) is 6.20 Å². The second-order valence-corrected chi connectivity index (χ2v) is 7.04. The summed E-state index contributed by atoms with van der Waals surface area (Å²) in [5, 5.41) is 5.83. The number of nitrogens with one attached hydrogen (secondary N) is 1. The highest BCUT2D eigenvalue weighted by molar-refractivity contribution is 7.13. The van der Waals surface area contributed by atoms with Crippen molar-refractivity contribution in [1.29, 1.82) is 0 Å². The molecule has 1 aromatic heterocycles. The molecule has 10 heteroatoms. The Morgan fingerprint density at radius 2 is 1.80 bits per heavy atom. The minimum absolute atomic E-state index is 0. The summed E-state index contributed by atoms with van der Waals surface area (Å²) < 4.78 is 0. The lowest BCUT2D eigenvalue weighted by molar-refractivity contribution is -0.131. The molecular weight excluding hydrogens is 405 g/mol. The Morgan fingerprint density at radius 1 is 1.16 bits per heavy atom. The van der Waals surface area contributed by atoms with Crippen molar-refractivity contribution in [2.75, 3.05) is 58.2 Å². The lowest BCUT2D eigenvalue weighted by Crippen LogP contribution is -2.54. The van der Waals surface area contributed by atoms with E-state index in [0.29, 0.717) is 12.6 Å². The monoisotopic (exact) mass is 431 g/mol. The van der Waals surface area contributed by atoms with Gasteiger partial charge in [0.2, 0.25) is 5.91 Å². The van der Waals surface area contributed by atoms with Crippen molar-refractivity contribution in [3.05, 3.63) is 11.6 Å². The number of nitrogens with zero attached hydrogens (tertiary/aromatic N) is 4. The highest BCUT2D eigenvalue weighted by atomic mass is 35.5. The van der Waals surface area contributed by atoms with Crippen molar-refractivity contribution < 1.29 is 4.79 Å². The number of piperazine rings is 1. The van der Waals surface area contributed by atoms with Gasteiger partial charge >= 0.3 is 0 Å². The van der Waals surface area contributed by atoms with Crippen molar-refractivity contribution >= 4 is 59.6 Å². The standard InChI is InChI=1S/C15H25N5OS.3ClH/c1-18-5-2-13(3-6-18)19-7-9-20(10-8-19)14(21)12-17-15-16-4-11-22-15;;;/h4,11,13H,2-3,5-10,12H2,1H3,(H,16,17);3*1H. The fraction of sp³-hybridized carbons (Fsp3) is 0.733. The quantitative estimate of drug-likeness (QED) is 0.789.